The summed E-state index contributed by atoms with van der Waals surface area (Å²) < 4.78 is 0. The maximum absolute atomic E-state index is 11.8. The van der Waals surface area contributed by atoms with Crippen LogP contribution in [-0.4, -0.2) is 41.0 Å². The lowest BCUT2D eigenvalue weighted by Gasteiger charge is -2.06. The lowest BCUT2D eigenvalue weighted by molar-refractivity contribution is -0.115. The Bertz CT molecular complexity index is 1750. The van der Waals surface area contributed by atoms with Gasteiger partial charge in [0.1, 0.15) is 11.2 Å². The summed E-state index contributed by atoms with van der Waals surface area (Å²) >= 11 is 0. The van der Waals surface area contributed by atoms with E-state index in [2.05, 4.69) is 60.6 Å². The van der Waals surface area contributed by atoms with Crippen LogP contribution in [0.2, 0.25) is 0 Å². The molecule has 0 aliphatic carbocycles. The fourth-order valence-corrected chi connectivity index (χ4v) is 4.23. The van der Waals surface area contributed by atoms with E-state index in [1.807, 2.05) is 31.2 Å². The van der Waals surface area contributed by atoms with Gasteiger partial charge < -0.3 is 10.3 Å². The molecule has 0 unspecified atom stereocenters. The Balaban J connectivity index is 1.43. The quantitative estimate of drug-likeness (QED) is 0.312. The number of pyridine rings is 3. The maximum atomic E-state index is 11.8. The number of carbonyl (C=O) groups excluding carboxylic acids is 1. The van der Waals surface area contributed by atoms with E-state index in [9.17, 15) is 4.79 Å². The van der Waals surface area contributed by atoms with Crippen molar-refractivity contribution in [3.05, 3.63) is 72.8 Å². The zero-order valence-corrected chi connectivity index (χ0v) is 19.7. The predicted octanol–water partition coefficient (Wildman–Crippen LogP) is 5.28. The molecule has 5 aromatic heterocycles. The predicted molar refractivity (Wildman–Crippen MR) is 139 cm³/mol. The van der Waals surface area contributed by atoms with Crippen LogP contribution in [0.5, 0.6) is 0 Å². The zero-order valence-electron chi connectivity index (χ0n) is 19.7. The molecule has 0 saturated carbocycles. The lowest BCUT2D eigenvalue weighted by atomic mass is 10.0. The molecule has 5 heterocycles. The average Bonchev–Trinajstić information content (AvgIpc) is 3.52. The highest BCUT2D eigenvalue weighted by molar-refractivity contribution is 5.96. The third-order valence-electron chi connectivity index (χ3n) is 6.03. The van der Waals surface area contributed by atoms with Crippen LogP contribution < -0.4 is 5.32 Å². The molecule has 0 spiro atoms. The molecular formula is C27H22N8O. The molecule has 1 aromatic carbocycles. The molecule has 6 rings (SSSR count). The maximum Gasteiger partial charge on any atom is 0.224 e. The van der Waals surface area contributed by atoms with Crippen LogP contribution >= 0.6 is 0 Å². The molecule has 176 valence electrons. The van der Waals surface area contributed by atoms with Crippen molar-refractivity contribution >= 4 is 33.8 Å². The highest BCUT2D eigenvalue weighted by Gasteiger charge is 2.17. The van der Waals surface area contributed by atoms with Crippen molar-refractivity contribution in [1.82, 2.24) is 35.1 Å². The molecule has 0 saturated heterocycles. The second kappa shape index (κ2) is 8.70. The normalized spacial score (nSPS) is 11.3. The summed E-state index contributed by atoms with van der Waals surface area (Å²) in [5.74, 6) is 0.535. The Morgan fingerprint density at radius 3 is 2.72 bits per heavy atom. The first-order valence-electron chi connectivity index (χ1n) is 11.6. The van der Waals surface area contributed by atoms with Gasteiger partial charge in [-0.3, -0.25) is 14.9 Å². The monoisotopic (exact) mass is 474 g/mol. The van der Waals surface area contributed by atoms with Gasteiger partial charge in [0.25, 0.3) is 0 Å². The molecule has 1 amide bonds. The van der Waals surface area contributed by atoms with Crippen LogP contribution in [-0.2, 0) is 4.79 Å². The highest BCUT2D eigenvalue weighted by Crippen LogP contribution is 2.32. The van der Waals surface area contributed by atoms with Gasteiger partial charge in [0.15, 0.2) is 17.1 Å². The molecule has 6 aromatic rings. The van der Waals surface area contributed by atoms with E-state index >= 15 is 0 Å². The van der Waals surface area contributed by atoms with Gasteiger partial charge >= 0.3 is 0 Å². The number of hydrogen-bond donors (Lipinski definition) is 3. The summed E-state index contributed by atoms with van der Waals surface area (Å²) in [6.07, 6.45) is 7.29. The number of amides is 1. The molecule has 9 heteroatoms. The van der Waals surface area contributed by atoms with E-state index in [1.165, 1.54) is 5.56 Å². The van der Waals surface area contributed by atoms with Crippen molar-refractivity contribution in [1.29, 1.82) is 0 Å². The SMILES string of the molecule is CCC(=O)Nc1cncc(-c2cnc3[nH]nc(-c4nc5c(-c6cccc(C)c6)ccnc5[nH]4)c3c2)c1. The number of aryl methyl sites for hydroxylation is 1. The third kappa shape index (κ3) is 3.86. The topological polar surface area (TPSA) is 125 Å². The Labute approximate surface area is 206 Å². The molecule has 9 nitrogen and oxygen atoms in total. The van der Waals surface area contributed by atoms with Gasteiger partial charge in [-0.05, 0) is 30.7 Å². The zero-order chi connectivity index (χ0) is 24.6. The largest absolute Gasteiger partial charge is 0.325 e. The third-order valence-corrected chi connectivity index (χ3v) is 6.03. The minimum Gasteiger partial charge on any atom is -0.325 e. The van der Waals surface area contributed by atoms with Crippen molar-refractivity contribution in [3.8, 4) is 33.8 Å². The second-order valence-electron chi connectivity index (χ2n) is 8.57. The first-order chi connectivity index (χ1) is 17.6. The van der Waals surface area contributed by atoms with Crippen molar-refractivity contribution < 1.29 is 4.79 Å². The summed E-state index contributed by atoms with van der Waals surface area (Å²) in [7, 11) is 0. The Hall–Kier alpha value is -4.92. The molecular weight excluding hydrogens is 452 g/mol. The fraction of sp³-hybridized carbons (Fsp3) is 0.111. The highest BCUT2D eigenvalue weighted by atomic mass is 16.1. The van der Waals surface area contributed by atoms with Crippen LogP contribution in [0.1, 0.15) is 18.9 Å². The average molecular weight is 475 g/mol. The summed E-state index contributed by atoms with van der Waals surface area (Å²) in [5, 5.41) is 11.2. The number of benzene rings is 1. The number of fused-ring (bicyclic) bond motifs is 2. The molecule has 0 atom stereocenters. The molecule has 0 fully saturated rings. The standard InChI is InChI=1S/C27H22N8O/c1-3-22(36)31-19-10-17(12-28-14-19)18-11-21-24(34-35-25(21)30-13-18)27-32-23-20(7-8-29-26(23)33-27)16-6-4-5-15(2)9-16/h4-14H,3H2,1-2H3,(H,31,36)(H,29,32,33)(H,30,34,35). The van der Waals surface area contributed by atoms with E-state index in [-0.39, 0.29) is 5.91 Å². The van der Waals surface area contributed by atoms with Gasteiger partial charge in [-0.25, -0.2) is 15.0 Å². The van der Waals surface area contributed by atoms with Gasteiger partial charge in [-0.1, -0.05) is 36.8 Å². The Morgan fingerprint density at radius 1 is 0.972 bits per heavy atom. The molecule has 0 aliphatic rings. The molecule has 0 radical (unpaired) electrons. The summed E-state index contributed by atoms with van der Waals surface area (Å²) in [4.78, 5) is 33.3. The number of aromatic nitrogens is 7. The first kappa shape index (κ1) is 21.6. The van der Waals surface area contributed by atoms with Crippen molar-refractivity contribution in [3.63, 3.8) is 0 Å². The lowest BCUT2D eigenvalue weighted by Crippen LogP contribution is -2.09. The minimum atomic E-state index is -0.0665. The second-order valence-corrected chi connectivity index (χ2v) is 8.57. The minimum absolute atomic E-state index is 0.0665. The van der Waals surface area contributed by atoms with Gasteiger partial charge in [-0.15, -0.1) is 0 Å². The number of imidazole rings is 1. The number of hydrogen-bond acceptors (Lipinski definition) is 6. The number of rotatable bonds is 5. The van der Waals surface area contributed by atoms with E-state index in [0.29, 0.717) is 34.9 Å². The van der Waals surface area contributed by atoms with E-state index in [0.717, 1.165) is 33.2 Å². The number of H-pyrrole nitrogens is 2. The van der Waals surface area contributed by atoms with Crippen LogP contribution in [0, 0.1) is 6.92 Å². The van der Waals surface area contributed by atoms with Crippen LogP contribution in [0.3, 0.4) is 0 Å². The van der Waals surface area contributed by atoms with E-state index in [1.54, 1.807) is 24.8 Å². The smallest absolute Gasteiger partial charge is 0.224 e. The Morgan fingerprint density at radius 2 is 1.86 bits per heavy atom. The molecule has 36 heavy (non-hydrogen) atoms. The molecule has 0 aliphatic heterocycles. The number of nitrogens with zero attached hydrogens (tertiary/aromatic N) is 5. The van der Waals surface area contributed by atoms with Gasteiger partial charge in [-0.2, -0.15) is 5.10 Å². The van der Waals surface area contributed by atoms with Gasteiger partial charge in [0.05, 0.1) is 17.3 Å². The summed E-state index contributed by atoms with van der Waals surface area (Å²) in [5.41, 5.74) is 8.34. The number of carbonyl (C=O) groups is 1. The number of nitrogens with one attached hydrogen (secondary N) is 3. The van der Waals surface area contributed by atoms with E-state index in [4.69, 9.17) is 4.98 Å². The Kier molecular flexibility index (Phi) is 5.22. The van der Waals surface area contributed by atoms with E-state index < -0.39 is 0 Å². The fourth-order valence-electron chi connectivity index (χ4n) is 4.23. The van der Waals surface area contributed by atoms with Crippen LogP contribution in [0.15, 0.2) is 67.3 Å². The van der Waals surface area contributed by atoms with Gasteiger partial charge in [0.2, 0.25) is 5.91 Å². The van der Waals surface area contributed by atoms with Crippen molar-refractivity contribution in [2.24, 2.45) is 0 Å². The van der Waals surface area contributed by atoms with Crippen LogP contribution in [0.4, 0.5) is 5.69 Å². The number of aromatic amines is 2. The van der Waals surface area contributed by atoms with Crippen LogP contribution in [0.25, 0.3) is 56.0 Å². The first-order valence-corrected chi connectivity index (χ1v) is 11.6. The summed E-state index contributed by atoms with van der Waals surface area (Å²) in [6.45, 7) is 3.88. The van der Waals surface area contributed by atoms with Gasteiger partial charge in [0, 0.05) is 41.7 Å². The molecule has 0 bridgehead atoms. The number of anilines is 1. The van der Waals surface area contributed by atoms with Crippen molar-refractivity contribution in [2.75, 3.05) is 5.32 Å². The molecule has 3 N–H and O–H groups in total. The van der Waals surface area contributed by atoms with Crippen molar-refractivity contribution in [2.45, 2.75) is 20.3 Å². The summed E-state index contributed by atoms with van der Waals surface area (Å²) in [6, 6.07) is 14.2.